The van der Waals surface area contributed by atoms with Gasteiger partial charge in [0.1, 0.15) is 16.9 Å². The second kappa shape index (κ2) is 12.5. The van der Waals surface area contributed by atoms with E-state index in [0.717, 1.165) is 52.3 Å². The molecule has 0 aliphatic carbocycles. The number of esters is 1. The van der Waals surface area contributed by atoms with E-state index >= 15 is 0 Å². The van der Waals surface area contributed by atoms with Gasteiger partial charge in [-0.05, 0) is 51.2 Å². The molecule has 0 fully saturated rings. The van der Waals surface area contributed by atoms with Crippen molar-refractivity contribution in [1.82, 2.24) is 0 Å². The second-order valence-electron chi connectivity index (χ2n) is 8.37. The lowest BCUT2D eigenvalue weighted by atomic mass is 10.0. The van der Waals surface area contributed by atoms with Gasteiger partial charge >= 0.3 is 5.97 Å². The molecule has 0 spiro atoms. The fraction of sp³-hybridized carbons (Fsp3) is 0.720. The first-order valence-electron chi connectivity index (χ1n) is 11.7. The Bertz CT molecular complexity index is 669. The zero-order valence-electron chi connectivity index (χ0n) is 19.2. The Hall–Kier alpha value is -1.16. The number of unbranched alkanes of at least 4 members (excludes halogenated alkanes) is 8. The van der Waals surface area contributed by atoms with Crippen LogP contribution in [0.5, 0.6) is 11.5 Å². The van der Waals surface area contributed by atoms with Crippen LogP contribution in [0, 0.1) is 20.8 Å². The van der Waals surface area contributed by atoms with E-state index in [1.165, 1.54) is 51.4 Å². The summed E-state index contributed by atoms with van der Waals surface area (Å²) in [5, 5.41) is 0. The average molecular weight is 421 g/mol. The van der Waals surface area contributed by atoms with Gasteiger partial charge in [-0.3, -0.25) is 4.79 Å². The predicted octanol–water partition coefficient (Wildman–Crippen LogP) is 8.05. The predicted molar refractivity (Wildman–Crippen MR) is 123 cm³/mol. The zero-order valence-corrected chi connectivity index (χ0v) is 20.0. The Labute approximate surface area is 182 Å². The maximum absolute atomic E-state index is 12.4. The lowest BCUT2D eigenvalue weighted by Crippen LogP contribution is -2.11. The molecule has 0 bridgehead atoms. The quantitative estimate of drug-likeness (QED) is 0.184. The Kier molecular flexibility index (Phi) is 10.4. The molecule has 0 N–H and O–H groups in total. The highest BCUT2D eigenvalue weighted by Crippen LogP contribution is 2.50. The normalized spacial score (nSPS) is 15.3. The van der Waals surface area contributed by atoms with Crippen molar-refractivity contribution in [2.24, 2.45) is 0 Å². The van der Waals surface area contributed by atoms with E-state index in [9.17, 15) is 4.79 Å². The highest BCUT2D eigenvalue weighted by molar-refractivity contribution is 8.00. The number of benzene rings is 1. The maximum Gasteiger partial charge on any atom is 0.311 e. The molecule has 1 aromatic carbocycles. The first-order chi connectivity index (χ1) is 14.0. The second-order valence-corrected chi connectivity index (χ2v) is 9.54. The van der Waals surface area contributed by atoms with Crippen LogP contribution in [-0.4, -0.2) is 11.4 Å². The molecule has 2 rings (SSSR count). The molecule has 4 heteroatoms. The number of carbonyl (C=O) groups is 1. The number of hydrogen-bond donors (Lipinski definition) is 0. The number of carbonyl (C=O) groups excluding carboxylic acids is 1. The van der Waals surface area contributed by atoms with Crippen LogP contribution in [0.25, 0.3) is 0 Å². The van der Waals surface area contributed by atoms with E-state index in [1.54, 1.807) is 11.8 Å². The molecular formula is C25H40O3S. The van der Waals surface area contributed by atoms with Gasteiger partial charge in [0.25, 0.3) is 0 Å². The standard InChI is InChI=1S/C25H40O3S/c1-6-8-10-12-14-16-21(26)27-23-18(3)19(4)24-25(20(23)5)29-22(28-24)17-15-13-11-9-7-2/h22H,6-17H2,1-5H3. The third-order valence-corrected chi connectivity index (χ3v) is 7.20. The summed E-state index contributed by atoms with van der Waals surface area (Å²) in [5.41, 5.74) is 3.39. The highest BCUT2D eigenvalue weighted by Gasteiger charge is 2.30. The Balaban J connectivity index is 1.95. The van der Waals surface area contributed by atoms with E-state index in [1.807, 2.05) is 6.92 Å². The summed E-state index contributed by atoms with van der Waals surface area (Å²) in [6.45, 7) is 10.6. The number of hydrogen-bond acceptors (Lipinski definition) is 4. The molecule has 1 unspecified atom stereocenters. The maximum atomic E-state index is 12.4. The molecule has 0 aromatic heterocycles. The van der Waals surface area contributed by atoms with Gasteiger partial charge in [-0.1, -0.05) is 77.0 Å². The molecule has 0 radical (unpaired) electrons. The molecule has 1 aliphatic heterocycles. The Morgan fingerprint density at radius 1 is 0.862 bits per heavy atom. The van der Waals surface area contributed by atoms with Crippen LogP contribution in [0.15, 0.2) is 4.90 Å². The van der Waals surface area contributed by atoms with Crippen LogP contribution in [0.1, 0.15) is 108 Å². The van der Waals surface area contributed by atoms with Crippen LogP contribution in [-0.2, 0) is 4.79 Å². The minimum Gasteiger partial charge on any atom is -0.478 e. The molecule has 164 valence electrons. The lowest BCUT2D eigenvalue weighted by Gasteiger charge is -2.16. The molecule has 0 saturated heterocycles. The van der Waals surface area contributed by atoms with Gasteiger partial charge in [0.2, 0.25) is 0 Å². The van der Waals surface area contributed by atoms with Crippen molar-refractivity contribution in [3.05, 3.63) is 16.7 Å². The van der Waals surface area contributed by atoms with Crippen molar-refractivity contribution in [1.29, 1.82) is 0 Å². The van der Waals surface area contributed by atoms with E-state index < -0.39 is 0 Å². The fourth-order valence-electron chi connectivity index (χ4n) is 3.86. The van der Waals surface area contributed by atoms with Gasteiger partial charge in [0.15, 0.2) is 0 Å². The smallest absolute Gasteiger partial charge is 0.311 e. The van der Waals surface area contributed by atoms with Gasteiger partial charge in [0.05, 0.1) is 4.90 Å². The van der Waals surface area contributed by atoms with Gasteiger partial charge in [-0.15, -0.1) is 0 Å². The number of ether oxygens (including phenoxy) is 2. The summed E-state index contributed by atoms with van der Waals surface area (Å²) < 4.78 is 12.1. The first kappa shape index (κ1) is 24.1. The largest absolute Gasteiger partial charge is 0.478 e. The molecule has 1 atom stereocenters. The van der Waals surface area contributed by atoms with Gasteiger partial charge < -0.3 is 9.47 Å². The third kappa shape index (κ3) is 6.94. The molecule has 3 nitrogen and oxygen atoms in total. The van der Waals surface area contributed by atoms with Crippen LogP contribution < -0.4 is 9.47 Å². The lowest BCUT2D eigenvalue weighted by molar-refractivity contribution is -0.134. The van der Waals surface area contributed by atoms with Gasteiger partial charge in [-0.2, -0.15) is 0 Å². The zero-order chi connectivity index (χ0) is 21.2. The minimum absolute atomic E-state index is 0.108. The monoisotopic (exact) mass is 420 g/mol. The summed E-state index contributed by atoms with van der Waals surface area (Å²) in [4.78, 5) is 13.6. The number of thioether (sulfide) groups is 1. The molecule has 0 amide bonds. The van der Waals surface area contributed by atoms with Crippen molar-refractivity contribution < 1.29 is 14.3 Å². The van der Waals surface area contributed by atoms with Crippen molar-refractivity contribution in [3.8, 4) is 11.5 Å². The molecule has 29 heavy (non-hydrogen) atoms. The molecule has 1 aromatic rings. The van der Waals surface area contributed by atoms with Crippen molar-refractivity contribution in [2.75, 3.05) is 0 Å². The summed E-state index contributed by atoms with van der Waals surface area (Å²) in [6, 6.07) is 0. The summed E-state index contributed by atoms with van der Waals surface area (Å²) in [5.74, 6) is 1.64. The minimum atomic E-state index is -0.108. The van der Waals surface area contributed by atoms with Crippen LogP contribution in [0.3, 0.4) is 0 Å². The highest BCUT2D eigenvalue weighted by atomic mass is 32.2. The number of fused-ring (bicyclic) bond motifs is 1. The molecule has 1 heterocycles. The Morgan fingerprint density at radius 2 is 1.48 bits per heavy atom. The molecule has 0 saturated carbocycles. The van der Waals surface area contributed by atoms with E-state index in [4.69, 9.17) is 9.47 Å². The average Bonchev–Trinajstić information content (AvgIpc) is 3.14. The SMILES string of the molecule is CCCCCCCC(=O)Oc1c(C)c(C)c2c(c1C)SC(CCCCCCC)O2. The van der Waals surface area contributed by atoms with Gasteiger partial charge in [-0.25, -0.2) is 0 Å². The topological polar surface area (TPSA) is 35.5 Å². The molecular weight excluding hydrogens is 380 g/mol. The van der Waals surface area contributed by atoms with Crippen LogP contribution in [0.2, 0.25) is 0 Å². The first-order valence-corrected chi connectivity index (χ1v) is 12.5. The van der Waals surface area contributed by atoms with Crippen molar-refractivity contribution in [2.45, 2.75) is 122 Å². The Morgan fingerprint density at radius 3 is 2.14 bits per heavy atom. The summed E-state index contributed by atoms with van der Waals surface area (Å²) >= 11 is 1.80. The summed E-state index contributed by atoms with van der Waals surface area (Å²) in [7, 11) is 0. The molecule has 1 aliphatic rings. The van der Waals surface area contributed by atoms with Crippen LogP contribution in [0.4, 0.5) is 0 Å². The van der Waals surface area contributed by atoms with Gasteiger partial charge in [0, 0.05) is 12.0 Å². The van der Waals surface area contributed by atoms with E-state index in [0.29, 0.717) is 6.42 Å². The fourth-order valence-corrected chi connectivity index (χ4v) is 5.13. The van der Waals surface area contributed by atoms with Crippen LogP contribution >= 0.6 is 11.8 Å². The van der Waals surface area contributed by atoms with Crippen molar-refractivity contribution in [3.63, 3.8) is 0 Å². The summed E-state index contributed by atoms with van der Waals surface area (Å²) in [6.07, 6.45) is 13.7. The number of rotatable bonds is 13. The van der Waals surface area contributed by atoms with E-state index in [-0.39, 0.29) is 11.4 Å². The van der Waals surface area contributed by atoms with E-state index in [2.05, 4.69) is 27.7 Å². The van der Waals surface area contributed by atoms with Crippen molar-refractivity contribution >= 4 is 17.7 Å². The third-order valence-electron chi connectivity index (χ3n) is 5.87.